The number of ether oxygens (including phenoxy) is 1. The van der Waals surface area contributed by atoms with Gasteiger partial charge in [-0.3, -0.25) is 0 Å². The number of fused-ring (bicyclic) bond motifs is 2. The zero-order chi connectivity index (χ0) is 19.8. The van der Waals surface area contributed by atoms with Crippen molar-refractivity contribution in [2.24, 2.45) is 0 Å². The van der Waals surface area contributed by atoms with Crippen LogP contribution in [0.25, 0.3) is 21.9 Å². The van der Waals surface area contributed by atoms with Crippen LogP contribution in [0.5, 0.6) is 5.75 Å². The minimum absolute atomic E-state index is 0.391. The molecule has 0 amide bonds. The first-order valence-electron chi connectivity index (χ1n) is 9.57. The van der Waals surface area contributed by atoms with Crippen molar-refractivity contribution in [2.45, 2.75) is 20.1 Å². The summed E-state index contributed by atoms with van der Waals surface area (Å²) in [5.74, 6) is 1.63. The van der Waals surface area contributed by atoms with Crippen LogP contribution in [0, 0.1) is 6.92 Å². The van der Waals surface area contributed by atoms with Gasteiger partial charge in [-0.25, -0.2) is 4.98 Å². The molecule has 0 aliphatic heterocycles. The molecule has 3 aromatic carbocycles. The normalized spacial score (nSPS) is 11.4. The lowest BCUT2D eigenvalue weighted by molar-refractivity contribution is 0.296. The van der Waals surface area contributed by atoms with Gasteiger partial charge in [-0.1, -0.05) is 42.5 Å². The van der Waals surface area contributed by atoms with Crippen LogP contribution in [0.2, 0.25) is 0 Å². The van der Waals surface area contributed by atoms with Crippen LogP contribution in [0.4, 0.5) is 0 Å². The number of nitrogens with zero attached hydrogens (tertiary/aromatic N) is 2. The number of hydrogen-bond donors (Lipinski definition) is 1. The summed E-state index contributed by atoms with van der Waals surface area (Å²) in [5.41, 5.74) is 5.68. The van der Waals surface area contributed by atoms with E-state index in [4.69, 9.17) is 4.74 Å². The van der Waals surface area contributed by atoms with Gasteiger partial charge in [0, 0.05) is 23.1 Å². The molecule has 4 nitrogen and oxygen atoms in total. The van der Waals surface area contributed by atoms with E-state index in [1.165, 1.54) is 22.2 Å². The second kappa shape index (κ2) is 7.41. The Morgan fingerprint density at radius 2 is 1.79 bits per heavy atom. The van der Waals surface area contributed by atoms with E-state index in [-0.39, 0.29) is 0 Å². The van der Waals surface area contributed by atoms with Gasteiger partial charge in [-0.15, -0.1) is 0 Å². The van der Waals surface area contributed by atoms with Crippen molar-refractivity contribution >= 4 is 37.9 Å². The summed E-state index contributed by atoms with van der Waals surface area (Å²) in [4.78, 5) is 7.89. The first-order valence-corrected chi connectivity index (χ1v) is 10.4. The Labute approximate surface area is 177 Å². The number of aryl methyl sites for hydroxylation is 1. The van der Waals surface area contributed by atoms with Crippen molar-refractivity contribution in [1.29, 1.82) is 0 Å². The fourth-order valence-corrected chi connectivity index (χ4v) is 4.15. The number of H-pyrrole nitrogens is 1. The molecule has 0 saturated heterocycles. The number of nitrogens with one attached hydrogen (secondary N) is 1. The van der Waals surface area contributed by atoms with Crippen LogP contribution in [0.15, 0.2) is 77.3 Å². The standard InChI is InChI=1S/C24H20BrN3O/c1-16-11-18-12-23(29-15-24-26-20-9-5-6-10-21(20)27-24)19(25)13-22(18)28(16)14-17-7-3-2-4-8-17/h2-13H,14-15H2,1H3,(H,26,27). The highest BCUT2D eigenvalue weighted by Gasteiger charge is 2.12. The van der Waals surface area contributed by atoms with E-state index in [1.54, 1.807) is 0 Å². The molecule has 0 saturated carbocycles. The average molecular weight is 446 g/mol. The Balaban J connectivity index is 1.42. The van der Waals surface area contributed by atoms with Crippen molar-refractivity contribution < 1.29 is 4.74 Å². The third-order valence-electron chi connectivity index (χ3n) is 5.15. The van der Waals surface area contributed by atoms with Crippen LogP contribution in [-0.2, 0) is 13.2 Å². The predicted molar refractivity (Wildman–Crippen MR) is 120 cm³/mol. The highest BCUT2D eigenvalue weighted by molar-refractivity contribution is 9.10. The van der Waals surface area contributed by atoms with Gasteiger partial charge in [-0.2, -0.15) is 0 Å². The number of benzene rings is 3. The molecular weight excluding hydrogens is 426 g/mol. The van der Waals surface area contributed by atoms with Crippen LogP contribution < -0.4 is 4.74 Å². The summed E-state index contributed by atoms with van der Waals surface area (Å²) < 4.78 is 9.35. The quantitative estimate of drug-likeness (QED) is 0.349. The van der Waals surface area contributed by atoms with Crippen LogP contribution in [-0.4, -0.2) is 14.5 Å². The fraction of sp³-hybridized carbons (Fsp3) is 0.125. The molecule has 2 heterocycles. The lowest BCUT2D eigenvalue weighted by Gasteiger charge is -2.11. The van der Waals surface area contributed by atoms with Gasteiger partial charge in [0.15, 0.2) is 0 Å². The highest BCUT2D eigenvalue weighted by atomic mass is 79.9. The minimum Gasteiger partial charge on any atom is -0.484 e. The number of aromatic nitrogens is 3. The summed E-state index contributed by atoms with van der Waals surface area (Å²) >= 11 is 3.69. The van der Waals surface area contributed by atoms with E-state index >= 15 is 0 Å². The maximum absolute atomic E-state index is 6.08. The molecule has 2 aromatic heterocycles. The summed E-state index contributed by atoms with van der Waals surface area (Å²) in [6.45, 7) is 3.38. The maximum atomic E-state index is 6.08. The summed E-state index contributed by atoms with van der Waals surface area (Å²) in [7, 11) is 0. The Hall–Kier alpha value is -3.05. The maximum Gasteiger partial charge on any atom is 0.146 e. The summed E-state index contributed by atoms with van der Waals surface area (Å²) in [6.07, 6.45) is 0. The highest BCUT2D eigenvalue weighted by Crippen LogP contribution is 2.33. The number of rotatable bonds is 5. The minimum atomic E-state index is 0.391. The van der Waals surface area contributed by atoms with E-state index in [2.05, 4.69) is 79.9 Å². The molecular formula is C24H20BrN3O. The molecule has 0 aliphatic carbocycles. The van der Waals surface area contributed by atoms with Crippen molar-refractivity contribution in [1.82, 2.24) is 14.5 Å². The number of hydrogen-bond acceptors (Lipinski definition) is 2. The summed E-state index contributed by atoms with van der Waals surface area (Å²) in [6, 6.07) is 25.0. The first-order chi connectivity index (χ1) is 14.2. The molecule has 0 unspecified atom stereocenters. The van der Waals surface area contributed by atoms with Gasteiger partial charge >= 0.3 is 0 Å². The Morgan fingerprint density at radius 3 is 2.62 bits per heavy atom. The van der Waals surface area contributed by atoms with E-state index in [9.17, 15) is 0 Å². The predicted octanol–water partition coefficient (Wildman–Crippen LogP) is 6.22. The molecule has 0 bridgehead atoms. The van der Waals surface area contributed by atoms with E-state index in [0.29, 0.717) is 6.61 Å². The number of para-hydroxylation sites is 2. The summed E-state index contributed by atoms with van der Waals surface area (Å²) in [5, 5.41) is 1.17. The smallest absolute Gasteiger partial charge is 0.146 e. The molecule has 5 rings (SSSR count). The van der Waals surface area contributed by atoms with Crippen molar-refractivity contribution in [3.05, 3.63) is 94.4 Å². The second-order valence-corrected chi connectivity index (χ2v) is 8.04. The van der Waals surface area contributed by atoms with Crippen molar-refractivity contribution in [3.8, 4) is 5.75 Å². The van der Waals surface area contributed by atoms with Crippen LogP contribution in [0.3, 0.4) is 0 Å². The third kappa shape index (κ3) is 3.54. The lowest BCUT2D eigenvalue weighted by atomic mass is 10.2. The number of halogens is 1. The van der Waals surface area contributed by atoms with Gasteiger partial charge in [0.2, 0.25) is 0 Å². The van der Waals surface area contributed by atoms with Gasteiger partial charge < -0.3 is 14.3 Å². The van der Waals surface area contributed by atoms with Crippen molar-refractivity contribution in [2.75, 3.05) is 0 Å². The van der Waals surface area contributed by atoms with Gasteiger partial charge in [0.1, 0.15) is 18.2 Å². The van der Waals surface area contributed by atoms with E-state index in [1.807, 2.05) is 30.3 Å². The molecule has 29 heavy (non-hydrogen) atoms. The first kappa shape index (κ1) is 18.0. The van der Waals surface area contributed by atoms with Gasteiger partial charge in [0.25, 0.3) is 0 Å². The number of aromatic amines is 1. The molecule has 144 valence electrons. The lowest BCUT2D eigenvalue weighted by Crippen LogP contribution is -2.01. The average Bonchev–Trinajstić information content (AvgIpc) is 3.28. The monoisotopic (exact) mass is 445 g/mol. The topological polar surface area (TPSA) is 42.8 Å². The fourth-order valence-electron chi connectivity index (χ4n) is 3.71. The zero-order valence-corrected chi connectivity index (χ0v) is 17.6. The van der Waals surface area contributed by atoms with Crippen LogP contribution in [0.1, 0.15) is 17.1 Å². The third-order valence-corrected chi connectivity index (χ3v) is 5.77. The zero-order valence-electron chi connectivity index (χ0n) is 16.0. The van der Waals surface area contributed by atoms with E-state index < -0.39 is 0 Å². The molecule has 0 spiro atoms. The van der Waals surface area contributed by atoms with Gasteiger partial charge in [0.05, 0.1) is 15.5 Å². The van der Waals surface area contributed by atoms with Crippen LogP contribution >= 0.6 is 15.9 Å². The largest absolute Gasteiger partial charge is 0.484 e. The Morgan fingerprint density at radius 1 is 1.00 bits per heavy atom. The molecule has 0 fully saturated rings. The van der Waals surface area contributed by atoms with Gasteiger partial charge in [-0.05, 0) is 58.7 Å². The molecule has 0 radical (unpaired) electrons. The Kier molecular flexibility index (Phi) is 4.60. The second-order valence-electron chi connectivity index (χ2n) is 7.19. The molecule has 5 heteroatoms. The Bertz CT molecular complexity index is 1270. The molecule has 0 atom stereocenters. The van der Waals surface area contributed by atoms with E-state index in [0.717, 1.165) is 33.6 Å². The SMILES string of the molecule is Cc1cc2cc(OCc3nc4ccccc4[nH]3)c(Br)cc2n1Cc1ccccc1. The molecule has 5 aromatic rings. The molecule has 1 N–H and O–H groups in total. The molecule has 0 aliphatic rings. The van der Waals surface area contributed by atoms with Crippen molar-refractivity contribution in [3.63, 3.8) is 0 Å². The number of imidazole rings is 1.